The van der Waals surface area contributed by atoms with Crippen molar-refractivity contribution in [3.05, 3.63) is 22.7 Å². The number of benzene rings is 1. The van der Waals surface area contributed by atoms with E-state index >= 15 is 0 Å². The molecule has 0 aliphatic carbocycles. The monoisotopic (exact) mass is 334 g/mol. The summed E-state index contributed by atoms with van der Waals surface area (Å²) in [6.45, 7) is 1.89. The zero-order chi connectivity index (χ0) is 13.2. The topological polar surface area (TPSA) is 72.6 Å². The Kier molecular flexibility index (Phi) is 4.26. The lowest BCUT2D eigenvalue weighted by Gasteiger charge is -2.20. The van der Waals surface area contributed by atoms with Crippen LogP contribution in [0.15, 0.2) is 27.6 Å². The average molecular weight is 335 g/mol. The maximum absolute atomic E-state index is 12.5. The molecule has 0 atom stereocenters. The molecular weight excluding hydrogens is 320 g/mol. The molecule has 5 nitrogen and oxygen atoms in total. The van der Waals surface area contributed by atoms with Crippen molar-refractivity contribution in [2.45, 2.75) is 11.3 Å². The number of halogens is 1. The largest absolute Gasteiger partial charge is 0.399 e. The molecule has 1 aromatic rings. The molecule has 1 aromatic carbocycles. The Morgan fingerprint density at radius 1 is 1.28 bits per heavy atom. The van der Waals surface area contributed by atoms with Crippen LogP contribution in [0.25, 0.3) is 0 Å². The Morgan fingerprint density at radius 2 is 2.06 bits per heavy atom. The van der Waals surface area contributed by atoms with E-state index in [4.69, 9.17) is 10.5 Å². The summed E-state index contributed by atoms with van der Waals surface area (Å²) in [7, 11) is -3.51. The third-order valence-corrected chi connectivity index (χ3v) is 5.65. The van der Waals surface area contributed by atoms with E-state index in [1.165, 1.54) is 10.4 Å². The molecule has 0 unspecified atom stereocenters. The number of nitrogen functional groups attached to an aromatic ring is 1. The highest BCUT2D eigenvalue weighted by atomic mass is 79.9. The number of rotatable bonds is 2. The van der Waals surface area contributed by atoms with Gasteiger partial charge in [0, 0.05) is 29.9 Å². The predicted molar refractivity (Wildman–Crippen MR) is 72.7 cm³/mol. The summed E-state index contributed by atoms with van der Waals surface area (Å²) >= 11 is 3.26. The van der Waals surface area contributed by atoms with Gasteiger partial charge in [0.05, 0.1) is 11.5 Å². The molecule has 0 aromatic heterocycles. The van der Waals surface area contributed by atoms with Crippen LogP contribution < -0.4 is 5.73 Å². The number of ether oxygens (including phenoxy) is 1. The second-order valence-electron chi connectivity index (χ2n) is 4.06. The summed E-state index contributed by atoms with van der Waals surface area (Å²) in [6.07, 6.45) is 0.708. The molecule has 0 saturated carbocycles. The van der Waals surface area contributed by atoms with Crippen LogP contribution >= 0.6 is 15.9 Å². The van der Waals surface area contributed by atoms with Crippen LogP contribution in [0.1, 0.15) is 6.42 Å². The van der Waals surface area contributed by atoms with Gasteiger partial charge >= 0.3 is 0 Å². The summed E-state index contributed by atoms with van der Waals surface area (Å²) in [5.74, 6) is 0. The molecule has 2 rings (SSSR count). The minimum atomic E-state index is -3.51. The fourth-order valence-corrected chi connectivity index (χ4v) is 4.24. The molecule has 0 spiro atoms. The van der Waals surface area contributed by atoms with E-state index in [1.54, 1.807) is 12.1 Å². The van der Waals surface area contributed by atoms with Crippen molar-refractivity contribution in [2.24, 2.45) is 0 Å². The van der Waals surface area contributed by atoms with Gasteiger partial charge in [-0.2, -0.15) is 4.31 Å². The first-order chi connectivity index (χ1) is 8.51. The van der Waals surface area contributed by atoms with Crippen LogP contribution in [0, 0.1) is 0 Å². The van der Waals surface area contributed by atoms with Gasteiger partial charge in [-0.1, -0.05) is 0 Å². The minimum Gasteiger partial charge on any atom is -0.399 e. The maximum Gasteiger partial charge on any atom is 0.244 e. The van der Waals surface area contributed by atoms with Gasteiger partial charge in [-0.3, -0.25) is 0 Å². The normalized spacial score (nSPS) is 18.5. The third-order valence-electron chi connectivity index (χ3n) is 2.75. The molecule has 0 amide bonds. The molecule has 2 N–H and O–H groups in total. The van der Waals surface area contributed by atoms with Gasteiger partial charge in [0.15, 0.2) is 0 Å². The number of anilines is 1. The van der Waals surface area contributed by atoms with Gasteiger partial charge < -0.3 is 10.5 Å². The molecule has 1 aliphatic rings. The van der Waals surface area contributed by atoms with Crippen molar-refractivity contribution in [1.29, 1.82) is 0 Å². The second kappa shape index (κ2) is 5.56. The zero-order valence-electron chi connectivity index (χ0n) is 9.80. The lowest BCUT2D eigenvalue weighted by Crippen LogP contribution is -2.33. The number of sulfonamides is 1. The molecule has 1 aliphatic heterocycles. The standard InChI is InChI=1S/C11H15BrN2O3S/c12-10-3-2-9(13)8-11(10)18(15,16)14-4-1-6-17-7-5-14/h2-3,8H,1,4-7,13H2. The van der Waals surface area contributed by atoms with E-state index in [9.17, 15) is 8.42 Å². The van der Waals surface area contributed by atoms with Crippen molar-refractivity contribution >= 4 is 31.6 Å². The lowest BCUT2D eigenvalue weighted by atomic mass is 10.3. The highest BCUT2D eigenvalue weighted by Crippen LogP contribution is 2.27. The summed E-state index contributed by atoms with van der Waals surface area (Å²) in [4.78, 5) is 0.212. The van der Waals surface area contributed by atoms with E-state index in [0.29, 0.717) is 42.9 Å². The Hall–Kier alpha value is -0.630. The van der Waals surface area contributed by atoms with Gasteiger partial charge in [0.25, 0.3) is 0 Å². The molecule has 18 heavy (non-hydrogen) atoms. The maximum atomic E-state index is 12.5. The van der Waals surface area contributed by atoms with Crippen LogP contribution in [0.5, 0.6) is 0 Å². The Balaban J connectivity index is 2.37. The molecule has 0 radical (unpaired) electrons. The Bertz CT molecular complexity index is 525. The summed E-state index contributed by atoms with van der Waals surface area (Å²) < 4.78 is 32.2. The van der Waals surface area contributed by atoms with Gasteiger partial charge in [-0.15, -0.1) is 0 Å². The molecule has 1 saturated heterocycles. The van der Waals surface area contributed by atoms with E-state index < -0.39 is 10.0 Å². The second-order valence-corrected chi connectivity index (χ2v) is 6.82. The average Bonchev–Trinajstić information content (AvgIpc) is 2.61. The van der Waals surface area contributed by atoms with Gasteiger partial charge in [0.1, 0.15) is 0 Å². The molecule has 7 heteroatoms. The van der Waals surface area contributed by atoms with Crippen LogP contribution in [0.4, 0.5) is 5.69 Å². The van der Waals surface area contributed by atoms with E-state index in [0.717, 1.165) is 0 Å². The SMILES string of the molecule is Nc1ccc(Br)c(S(=O)(=O)N2CCCOCC2)c1. The number of nitrogens with zero attached hydrogens (tertiary/aromatic N) is 1. The summed E-state index contributed by atoms with van der Waals surface area (Å²) in [5.41, 5.74) is 6.09. The number of nitrogens with two attached hydrogens (primary N) is 1. The van der Waals surface area contributed by atoms with Gasteiger partial charge in [0.2, 0.25) is 10.0 Å². The number of hydrogen-bond acceptors (Lipinski definition) is 4. The zero-order valence-corrected chi connectivity index (χ0v) is 12.2. The van der Waals surface area contributed by atoms with Gasteiger partial charge in [-0.25, -0.2) is 8.42 Å². The van der Waals surface area contributed by atoms with E-state index in [-0.39, 0.29) is 4.90 Å². The molecule has 1 fully saturated rings. The predicted octanol–water partition coefficient (Wildman–Crippen LogP) is 1.44. The first-order valence-electron chi connectivity index (χ1n) is 5.65. The summed E-state index contributed by atoms with van der Waals surface area (Å²) in [6, 6.07) is 4.79. The fourth-order valence-electron chi connectivity index (χ4n) is 1.82. The van der Waals surface area contributed by atoms with Crippen LogP contribution in [-0.2, 0) is 14.8 Å². The quantitative estimate of drug-likeness (QED) is 0.830. The lowest BCUT2D eigenvalue weighted by molar-refractivity contribution is 0.148. The third kappa shape index (κ3) is 2.85. The minimum absolute atomic E-state index is 0.212. The Labute approximate surface area is 115 Å². The van der Waals surface area contributed by atoms with Crippen LogP contribution in [0.3, 0.4) is 0 Å². The first kappa shape index (κ1) is 13.8. The summed E-state index contributed by atoms with van der Waals surface area (Å²) in [5, 5.41) is 0. The van der Waals surface area contributed by atoms with Crippen LogP contribution in [0.2, 0.25) is 0 Å². The molecule has 0 bridgehead atoms. The smallest absolute Gasteiger partial charge is 0.244 e. The van der Waals surface area contributed by atoms with Crippen molar-refractivity contribution in [1.82, 2.24) is 4.31 Å². The van der Waals surface area contributed by atoms with Crippen molar-refractivity contribution < 1.29 is 13.2 Å². The molecular formula is C11H15BrN2O3S. The fraction of sp³-hybridized carbons (Fsp3) is 0.455. The highest BCUT2D eigenvalue weighted by molar-refractivity contribution is 9.10. The van der Waals surface area contributed by atoms with Crippen molar-refractivity contribution in [2.75, 3.05) is 32.0 Å². The first-order valence-corrected chi connectivity index (χ1v) is 7.88. The van der Waals surface area contributed by atoms with Crippen molar-refractivity contribution in [3.8, 4) is 0 Å². The van der Waals surface area contributed by atoms with Gasteiger partial charge in [-0.05, 0) is 40.5 Å². The molecule has 100 valence electrons. The van der Waals surface area contributed by atoms with Crippen LogP contribution in [-0.4, -0.2) is 39.0 Å². The highest BCUT2D eigenvalue weighted by Gasteiger charge is 2.27. The van der Waals surface area contributed by atoms with E-state index in [1.807, 2.05) is 0 Å². The molecule has 1 heterocycles. The van der Waals surface area contributed by atoms with Crippen molar-refractivity contribution in [3.63, 3.8) is 0 Å². The van der Waals surface area contributed by atoms with E-state index in [2.05, 4.69) is 15.9 Å². The number of hydrogen-bond donors (Lipinski definition) is 1. The Morgan fingerprint density at radius 3 is 2.83 bits per heavy atom.